The van der Waals surface area contributed by atoms with Crippen LogP contribution < -0.4 is 5.32 Å². The van der Waals surface area contributed by atoms with E-state index in [1.54, 1.807) is 0 Å². The van der Waals surface area contributed by atoms with Gasteiger partial charge in [0.05, 0.1) is 5.92 Å². The van der Waals surface area contributed by atoms with E-state index in [0.717, 1.165) is 23.6 Å². The maximum Gasteiger partial charge on any atom is 0.308 e. The first-order valence-electron chi connectivity index (χ1n) is 6.27. The van der Waals surface area contributed by atoms with Crippen LogP contribution >= 0.6 is 11.6 Å². The smallest absolute Gasteiger partial charge is 0.308 e. The summed E-state index contributed by atoms with van der Waals surface area (Å²) in [5, 5.41) is 13.4. The lowest BCUT2D eigenvalue weighted by Gasteiger charge is -2.33. The predicted molar refractivity (Wildman–Crippen MR) is 73.1 cm³/mol. The molecule has 1 aliphatic heterocycles. The zero-order valence-corrected chi connectivity index (χ0v) is 11.4. The molecule has 98 valence electrons. The minimum absolute atomic E-state index is 0.00354. The molecule has 0 saturated carbocycles. The summed E-state index contributed by atoms with van der Waals surface area (Å²) in [6.07, 6.45) is 1.71. The molecule has 0 aliphatic carbocycles. The lowest BCUT2D eigenvalue weighted by atomic mass is 9.83. The molecule has 0 bridgehead atoms. The number of hydrogen-bond donors (Lipinski definition) is 2. The maximum atomic E-state index is 11.3. The summed E-state index contributed by atoms with van der Waals surface area (Å²) in [6, 6.07) is 5.71. The number of halogens is 1. The van der Waals surface area contributed by atoms with Crippen molar-refractivity contribution in [1.29, 1.82) is 0 Å². The second-order valence-corrected chi connectivity index (χ2v) is 5.64. The van der Waals surface area contributed by atoms with E-state index in [0.29, 0.717) is 0 Å². The van der Waals surface area contributed by atoms with Crippen LogP contribution in [0.4, 0.5) is 5.69 Å². The summed E-state index contributed by atoms with van der Waals surface area (Å²) >= 11 is 5.95. The van der Waals surface area contributed by atoms with E-state index in [2.05, 4.69) is 5.32 Å². The Morgan fingerprint density at radius 2 is 2.22 bits per heavy atom. The molecule has 2 unspecified atom stereocenters. The van der Waals surface area contributed by atoms with Gasteiger partial charge >= 0.3 is 5.97 Å². The van der Waals surface area contributed by atoms with Crippen LogP contribution in [0.3, 0.4) is 0 Å². The van der Waals surface area contributed by atoms with Gasteiger partial charge < -0.3 is 10.4 Å². The molecule has 0 amide bonds. The van der Waals surface area contributed by atoms with E-state index in [4.69, 9.17) is 11.6 Å². The number of fused-ring (bicyclic) bond motifs is 1. The van der Waals surface area contributed by atoms with Crippen molar-refractivity contribution in [3.05, 3.63) is 28.8 Å². The van der Waals surface area contributed by atoms with Crippen LogP contribution in [-0.4, -0.2) is 17.1 Å². The van der Waals surface area contributed by atoms with Gasteiger partial charge in [0.1, 0.15) is 0 Å². The van der Waals surface area contributed by atoms with E-state index in [1.165, 1.54) is 5.56 Å². The Hall–Kier alpha value is -1.22. The minimum atomic E-state index is -0.722. The van der Waals surface area contributed by atoms with Crippen LogP contribution in [0.25, 0.3) is 0 Å². The molecule has 2 N–H and O–H groups in total. The number of rotatable bonds is 3. The number of carbonyl (C=O) groups is 1. The Bertz CT molecular complexity index is 459. The van der Waals surface area contributed by atoms with Gasteiger partial charge in [-0.1, -0.05) is 25.4 Å². The molecular weight excluding hydrogens is 250 g/mol. The van der Waals surface area contributed by atoms with Gasteiger partial charge in [-0.3, -0.25) is 4.79 Å². The zero-order chi connectivity index (χ0) is 13.3. The average molecular weight is 268 g/mol. The summed E-state index contributed by atoms with van der Waals surface area (Å²) in [5.41, 5.74) is 2.19. The summed E-state index contributed by atoms with van der Waals surface area (Å²) in [4.78, 5) is 11.3. The van der Waals surface area contributed by atoms with Crippen LogP contribution in [0.2, 0.25) is 5.02 Å². The lowest BCUT2D eigenvalue weighted by Crippen LogP contribution is -2.40. The Balaban J connectivity index is 2.21. The lowest BCUT2D eigenvalue weighted by molar-refractivity contribution is -0.143. The third kappa shape index (κ3) is 2.61. The second kappa shape index (κ2) is 5.19. The first-order chi connectivity index (χ1) is 8.49. The monoisotopic (exact) mass is 267 g/mol. The van der Waals surface area contributed by atoms with Gasteiger partial charge in [-0.2, -0.15) is 0 Å². The van der Waals surface area contributed by atoms with Gasteiger partial charge in [0.2, 0.25) is 0 Å². The fourth-order valence-corrected chi connectivity index (χ4v) is 2.88. The Morgan fingerprint density at radius 1 is 1.50 bits per heavy atom. The number of anilines is 1. The third-order valence-corrected chi connectivity index (χ3v) is 3.80. The number of hydrogen-bond acceptors (Lipinski definition) is 2. The third-order valence-electron chi connectivity index (χ3n) is 3.57. The van der Waals surface area contributed by atoms with Gasteiger partial charge in [-0.25, -0.2) is 0 Å². The normalized spacial score (nSPS) is 20.1. The average Bonchev–Trinajstić information content (AvgIpc) is 2.28. The molecule has 0 spiro atoms. The number of carboxylic acid groups (broad SMARTS) is 1. The number of aliphatic carboxylic acids is 1. The number of nitrogens with one attached hydrogen (secondary N) is 1. The van der Waals surface area contributed by atoms with E-state index < -0.39 is 5.97 Å². The quantitative estimate of drug-likeness (QED) is 0.882. The van der Waals surface area contributed by atoms with Crippen LogP contribution in [0.15, 0.2) is 18.2 Å². The highest BCUT2D eigenvalue weighted by Gasteiger charge is 2.33. The summed E-state index contributed by atoms with van der Waals surface area (Å²) in [7, 11) is 0. The van der Waals surface area contributed by atoms with Gasteiger partial charge in [0, 0.05) is 16.8 Å². The van der Waals surface area contributed by atoms with Crippen molar-refractivity contribution in [2.75, 3.05) is 5.32 Å². The Morgan fingerprint density at radius 3 is 2.83 bits per heavy atom. The van der Waals surface area contributed by atoms with Crippen LogP contribution in [0.1, 0.15) is 25.8 Å². The molecule has 1 aromatic rings. The van der Waals surface area contributed by atoms with Crippen molar-refractivity contribution in [3.63, 3.8) is 0 Å². The van der Waals surface area contributed by atoms with Crippen LogP contribution in [-0.2, 0) is 11.2 Å². The number of benzene rings is 1. The standard InChI is InChI=1S/C14H18ClNO2/c1-8(2)13(14(17)18)12-5-3-9-7-10(15)4-6-11(9)16-12/h4,6-8,12-13,16H,3,5H2,1-2H3,(H,17,18). The Kier molecular flexibility index (Phi) is 3.81. The van der Waals surface area contributed by atoms with Crippen molar-refractivity contribution in [1.82, 2.24) is 0 Å². The molecule has 2 atom stereocenters. The van der Waals surface area contributed by atoms with Crippen molar-refractivity contribution >= 4 is 23.3 Å². The highest BCUT2D eigenvalue weighted by Crippen LogP contribution is 2.32. The largest absolute Gasteiger partial charge is 0.481 e. The fraction of sp³-hybridized carbons (Fsp3) is 0.500. The van der Waals surface area contributed by atoms with Crippen LogP contribution in [0, 0.1) is 11.8 Å². The summed E-state index contributed by atoms with van der Waals surface area (Å²) in [6.45, 7) is 3.91. The molecule has 0 saturated heterocycles. The molecule has 18 heavy (non-hydrogen) atoms. The topological polar surface area (TPSA) is 49.3 Å². The molecule has 4 heteroatoms. The summed E-state index contributed by atoms with van der Waals surface area (Å²) in [5.74, 6) is -0.956. The predicted octanol–water partition coefficient (Wildman–Crippen LogP) is 3.42. The maximum absolute atomic E-state index is 11.3. The van der Waals surface area contributed by atoms with E-state index in [9.17, 15) is 9.90 Å². The first kappa shape index (κ1) is 13.2. The molecule has 2 rings (SSSR count). The molecular formula is C14H18ClNO2. The molecule has 1 heterocycles. The Labute approximate surface area is 112 Å². The van der Waals surface area contributed by atoms with Crippen LogP contribution in [0.5, 0.6) is 0 Å². The SMILES string of the molecule is CC(C)C(C(=O)O)C1CCc2cc(Cl)ccc2N1. The molecule has 0 radical (unpaired) electrons. The van der Waals surface area contributed by atoms with E-state index in [1.807, 2.05) is 32.0 Å². The molecule has 1 aromatic carbocycles. The molecule has 0 fully saturated rings. The zero-order valence-electron chi connectivity index (χ0n) is 10.6. The second-order valence-electron chi connectivity index (χ2n) is 5.20. The number of aryl methyl sites for hydroxylation is 1. The van der Waals surface area contributed by atoms with Gasteiger partial charge in [0.25, 0.3) is 0 Å². The van der Waals surface area contributed by atoms with Crippen molar-refractivity contribution in [2.24, 2.45) is 11.8 Å². The van der Waals surface area contributed by atoms with E-state index in [-0.39, 0.29) is 17.9 Å². The summed E-state index contributed by atoms with van der Waals surface area (Å²) < 4.78 is 0. The van der Waals surface area contributed by atoms with Crippen molar-refractivity contribution < 1.29 is 9.90 Å². The molecule has 3 nitrogen and oxygen atoms in total. The highest BCUT2D eigenvalue weighted by atomic mass is 35.5. The van der Waals surface area contributed by atoms with E-state index >= 15 is 0 Å². The van der Waals surface area contributed by atoms with Gasteiger partial charge in [0.15, 0.2) is 0 Å². The van der Waals surface area contributed by atoms with Gasteiger partial charge in [-0.05, 0) is 42.5 Å². The first-order valence-corrected chi connectivity index (χ1v) is 6.64. The van der Waals surface area contributed by atoms with Gasteiger partial charge in [-0.15, -0.1) is 0 Å². The molecule has 1 aliphatic rings. The van der Waals surface area contributed by atoms with Crippen molar-refractivity contribution in [3.8, 4) is 0 Å². The van der Waals surface area contributed by atoms with Crippen molar-refractivity contribution in [2.45, 2.75) is 32.7 Å². The number of carboxylic acids is 1. The highest BCUT2D eigenvalue weighted by molar-refractivity contribution is 6.30. The molecule has 0 aromatic heterocycles. The minimum Gasteiger partial charge on any atom is -0.481 e. The fourth-order valence-electron chi connectivity index (χ4n) is 2.68.